The maximum Gasteiger partial charge on any atom is 0.152 e. The molecule has 2 unspecified atom stereocenters. The predicted octanol–water partition coefficient (Wildman–Crippen LogP) is 3.75. The van der Waals surface area contributed by atoms with Crippen LogP contribution in [0.15, 0.2) is 24.4 Å². The van der Waals surface area contributed by atoms with Crippen molar-refractivity contribution in [3.8, 4) is 0 Å². The van der Waals surface area contributed by atoms with Gasteiger partial charge in [-0.2, -0.15) is 0 Å². The van der Waals surface area contributed by atoms with Gasteiger partial charge >= 0.3 is 0 Å². The highest BCUT2D eigenvalue weighted by molar-refractivity contribution is 5.92. The molecule has 0 saturated carbocycles. The summed E-state index contributed by atoms with van der Waals surface area (Å²) in [6.45, 7) is 5.27. The van der Waals surface area contributed by atoms with Crippen LogP contribution >= 0.6 is 0 Å². The van der Waals surface area contributed by atoms with E-state index >= 15 is 0 Å². The van der Waals surface area contributed by atoms with Gasteiger partial charge in [0.25, 0.3) is 0 Å². The minimum absolute atomic E-state index is 0.241. The molecule has 2 nitrogen and oxygen atoms in total. The number of hydrogen-bond donors (Lipinski definition) is 0. The van der Waals surface area contributed by atoms with Crippen molar-refractivity contribution in [3.63, 3.8) is 0 Å². The van der Waals surface area contributed by atoms with Gasteiger partial charge < -0.3 is 4.90 Å². The Morgan fingerprint density at radius 1 is 1.26 bits per heavy atom. The largest absolute Gasteiger partial charge is 0.368 e. The monoisotopic (exact) mass is 262 g/mol. The third kappa shape index (κ3) is 1.95. The molecule has 2 aromatic rings. The van der Waals surface area contributed by atoms with Crippen molar-refractivity contribution in [2.24, 2.45) is 5.92 Å². The summed E-state index contributed by atoms with van der Waals surface area (Å²) in [7, 11) is 0. The van der Waals surface area contributed by atoms with E-state index in [1.807, 2.05) is 6.07 Å². The van der Waals surface area contributed by atoms with E-state index in [1.165, 1.54) is 6.07 Å². The highest BCUT2D eigenvalue weighted by atomic mass is 19.1. The molecule has 1 fully saturated rings. The normalized spacial score (nSPS) is 23.3. The van der Waals surface area contributed by atoms with Crippen LogP contribution in [0.25, 0.3) is 10.9 Å². The van der Waals surface area contributed by atoms with Gasteiger partial charge in [0.2, 0.25) is 0 Å². The third-order valence-corrected chi connectivity index (χ3v) is 4.19. The SMILES string of the molecule is CC1CCN(c2ccnc3c(F)cc(F)cc23)C1C. The van der Waals surface area contributed by atoms with E-state index in [4.69, 9.17) is 0 Å². The van der Waals surface area contributed by atoms with Crippen LogP contribution in [0.5, 0.6) is 0 Å². The van der Waals surface area contributed by atoms with Gasteiger partial charge in [-0.3, -0.25) is 4.98 Å². The number of halogens is 2. The van der Waals surface area contributed by atoms with Crippen LogP contribution in [0.3, 0.4) is 0 Å². The first-order chi connectivity index (χ1) is 9.08. The molecule has 2 heterocycles. The quantitative estimate of drug-likeness (QED) is 0.778. The fourth-order valence-electron chi connectivity index (χ4n) is 2.85. The Morgan fingerprint density at radius 3 is 2.74 bits per heavy atom. The number of rotatable bonds is 1. The van der Waals surface area contributed by atoms with E-state index in [1.54, 1.807) is 6.20 Å². The Balaban J connectivity index is 2.19. The van der Waals surface area contributed by atoms with Crippen molar-refractivity contribution in [3.05, 3.63) is 36.0 Å². The van der Waals surface area contributed by atoms with Gasteiger partial charge in [0, 0.05) is 35.9 Å². The van der Waals surface area contributed by atoms with Crippen LogP contribution in [-0.4, -0.2) is 17.6 Å². The molecule has 1 aliphatic rings. The molecule has 0 N–H and O–H groups in total. The molecule has 19 heavy (non-hydrogen) atoms. The Labute approximate surface area is 111 Å². The molecule has 1 aromatic heterocycles. The number of aromatic nitrogens is 1. The van der Waals surface area contributed by atoms with Crippen LogP contribution < -0.4 is 4.90 Å². The lowest BCUT2D eigenvalue weighted by Crippen LogP contribution is -2.29. The van der Waals surface area contributed by atoms with E-state index in [0.717, 1.165) is 24.7 Å². The van der Waals surface area contributed by atoms with Gasteiger partial charge in [0.05, 0.1) is 0 Å². The molecule has 1 saturated heterocycles. The number of nitrogens with zero attached hydrogens (tertiary/aromatic N) is 2. The first-order valence-electron chi connectivity index (χ1n) is 6.58. The molecule has 100 valence electrons. The van der Waals surface area contributed by atoms with E-state index in [-0.39, 0.29) is 5.52 Å². The van der Waals surface area contributed by atoms with Crippen molar-refractivity contribution in [1.29, 1.82) is 0 Å². The van der Waals surface area contributed by atoms with Crippen molar-refractivity contribution in [2.75, 3.05) is 11.4 Å². The van der Waals surface area contributed by atoms with Crippen LogP contribution in [-0.2, 0) is 0 Å². The lowest BCUT2D eigenvalue weighted by Gasteiger charge is -2.26. The summed E-state index contributed by atoms with van der Waals surface area (Å²) in [6.07, 6.45) is 2.69. The first kappa shape index (κ1) is 12.3. The van der Waals surface area contributed by atoms with Crippen molar-refractivity contribution in [2.45, 2.75) is 26.3 Å². The first-order valence-corrected chi connectivity index (χ1v) is 6.58. The topological polar surface area (TPSA) is 16.1 Å². The number of fused-ring (bicyclic) bond motifs is 1. The third-order valence-electron chi connectivity index (χ3n) is 4.19. The maximum atomic E-state index is 13.8. The molecule has 0 spiro atoms. The zero-order valence-corrected chi connectivity index (χ0v) is 11.0. The Morgan fingerprint density at radius 2 is 2.05 bits per heavy atom. The molecular weight excluding hydrogens is 246 g/mol. The molecule has 0 bridgehead atoms. The summed E-state index contributed by atoms with van der Waals surface area (Å²) < 4.78 is 27.2. The average molecular weight is 262 g/mol. The van der Waals surface area contributed by atoms with Gasteiger partial charge in [-0.25, -0.2) is 8.78 Å². The molecule has 0 radical (unpaired) electrons. The Hall–Kier alpha value is -1.71. The highest BCUT2D eigenvalue weighted by Crippen LogP contribution is 2.34. The van der Waals surface area contributed by atoms with Crippen LogP contribution in [0.2, 0.25) is 0 Å². The van der Waals surface area contributed by atoms with Crippen LogP contribution in [0.4, 0.5) is 14.5 Å². The molecule has 1 aromatic carbocycles. The summed E-state index contributed by atoms with van der Waals surface area (Å²) in [5.41, 5.74) is 1.12. The zero-order valence-electron chi connectivity index (χ0n) is 11.0. The number of anilines is 1. The van der Waals surface area contributed by atoms with Crippen LogP contribution in [0, 0.1) is 17.6 Å². The van der Waals surface area contributed by atoms with E-state index < -0.39 is 11.6 Å². The van der Waals surface area contributed by atoms with Crippen LogP contribution in [0.1, 0.15) is 20.3 Å². The van der Waals surface area contributed by atoms with Gasteiger partial charge in [-0.05, 0) is 31.4 Å². The summed E-state index contributed by atoms with van der Waals surface area (Å²) in [5.74, 6) is -0.572. The molecule has 4 heteroatoms. The number of benzene rings is 1. The van der Waals surface area contributed by atoms with E-state index in [9.17, 15) is 8.78 Å². The van der Waals surface area contributed by atoms with E-state index in [2.05, 4.69) is 23.7 Å². The summed E-state index contributed by atoms with van der Waals surface area (Å²) in [5, 5.41) is 0.556. The van der Waals surface area contributed by atoms with Crippen molar-refractivity contribution >= 4 is 16.6 Å². The average Bonchev–Trinajstić information content (AvgIpc) is 2.69. The fraction of sp³-hybridized carbons (Fsp3) is 0.400. The van der Waals surface area contributed by atoms with Crippen molar-refractivity contribution < 1.29 is 8.78 Å². The molecule has 0 amide bonds. The standard InChI is InChI=1S/C15H16F2N2/c1-9-4-6-19(10(9)2)14-3-5-18-15-12(14)7-11(16)8-13(15)17/h3,5,7-10H,4,6H2,1-2H3. The number of hydrogen-bond acceptors (Lipinski definition) is 2. The smallest absolute Gasteiger partial charge is 0.152 e. The second kappa shape index (κ2) is 4.44. The zero-order chi connectivity index (χ0) is 13.6. The number of pyridine rings is 1. The summed E-state index contributed by atoms with van der Waals surface area (Å²) >= 11 is 0. The lowest BCUT2D eigenvalue weighted by molar-refractivity contribution is 0.546. The minimum Gasteiger partial charge on any atom is -0.368 e. The van der Waals surface area contributed by atoms with E-state index in [0.29, 0.717) is 17.3 Å². The lowest BCUT2D eigenvalue weighted by atomic mass is 10.0. The Kier molecular flexibility index (Phi) is 2.88. The molecule has 3 rings (SSSR count). The van der Waals surface area contributed by atoms with Gasteiger partial charge in [0.1, 0.15) is 11.3 Å². The Bertz CT molecular complexity index is 627. The summed E-state index contributed by atoms with van der Waals surface area (Å²) in [4.78, 5) is 6.25. The molecule has 0 aliphatic carbocycles. The fourth-order valence-corrected chi connectivity index (χ4v) is 2.85. The molecular formula is C15H16F2N2. The van der Waals surface area contributed by atoms with Gasteiger partial charge in [-0.1, -0.05) is 6.92 Å². The van der Waals surface area contributed by atoms with Gasteiger partial charge in [0.15, 0.2) is 5.82 Å². The molecule has 1 aliphatic heterocycles. The minimum atomic E-state index is -0.600. The second-order valence-corrected chi connectivity index (χ2v) is 5.31. The van der Waals surface area contributed by atoms with Crippen molar-refractivity contribution in [1.82, 2.24) is 4.98 Å². The second-order valence-electron chi connectivity index (χ2n) is 5.31. The maximum absolute atomic E-state index is 13.8. The highest BCUT2D eigenvalue weighted by Gasteiger charge is 2.28. The predicted molar refractivity (Wildman–Crippen MR) is 72.2 cm³/mol. The molecule has 2 atom stereocenters. The van der Waals surface area contributed by atoms with Gasteiger partial charge in [-0.15, -0.1) is 0 Å². The summed E-state index contributed by atoms with van der Waals surface area (Å²) in [6, 6.07) is 4.47.